The molecule has 0 aromatic carbocycles. The fraction of sp³-hybridized carbons (Fsp3) is 0.769. The van der Waals surface area contributed by atoms with E-state index in [1.165, 1.54) is 0 Å². The Morgan fingerprint density at radius 2 is 1.88 bits per heavy atom. The monoisotopic (exact) mass is 242 g/mol. The molecule has 0 saturated carbocycles. The molecule has 0 aromatic rings. The molecule has 0 fully saturated rings. The third-order valence-corrected chi connectivity index (χ3v) is 1.99. The summed E-state index contributed by atoms with van der Waals surface area (Å²) in [5, 5.41) is 0. The van der Waals surface area contributed by atoms with Gasteiger partial charge in [-0.15, -0.1) is 0 Å². The Hall–Kier alpha value is -1.03. The molecule has 2 N–H and O–H groups in total. The maximum absolute atomic E-state index is 11.9. The maximum atomic E-state index is 11.9. The predicted molar refractivity (Wildman–Crippen MR) is 70.9 cm³/mol. The number of carbonyl (C=O) groups excluding carboxylic acids is 1. The van der Waals surface area contributed by atoms with Crippen LogP contribution in [0.5, 0.6) is 0 Å². The molecule has 0 aliphatic heterocycles. The SMILES string of the molecule is CC(N)/C=C/CN(C(=O)OC(C)(C)C)C(C)C. The average molecular weight is 242 g/mol. The lowest BCUT2D eigenvalue weighted by Crippen LogP contribution is -2.41. The number of nitrogens with two attached hydrogens (primary N) is 1. The van der Waals surface area contributed by atoms with Crippen LogP contribution in [-0.4, -0.2) is 35.2 Å². The van der Waals surface area contributed by atoms with Crippen LogP contribution >= 0.6 is 0 Å². The van der Waals surface area contributed by atoms with Gasteiger partial charge in [-0.25, -0.2) is 4.79 Å². The van der Waals surface area contributed by atoms with Crippen LogP contribution in [0.3, 0.4) is 0 Å². The van der Waals surface area contributed by atoms with Crippen molar-refractivity contribution < 1.29 is 9.53 Å². The van der Waals surface area contributed by atoms with Gasteiger partial charge in [-0.2, -0.15) is 0 Å². The Kier molecular flexibility index (Phi) is 6.24. The van der Waals surface area contributed by atoms with Crippen LogP contribution in [0, 0.1) is 0 Å². The molecule has 0 aromatic heterocycles. The molecule has 0 spiro atoms. The average Bonchev–Trinajstić information content (AvgIpc) is 2.07. The highest BCUT2D eigenvalue weighted by atomic mass is 16.6. The van der Waals surface area contributed by atoms with Gasteiger partial charge in [0, 0.05) is 18.6 Å². The fourth-order valence-electron chi connectivity index (χ4n) is 1.21. The van der Waals surface area contributed by atoms with Crippen molar-refractivity contribution in [1.29, 1.82) is 0 Å². The molecule has 17 heavy (non-hydrogen) atoms. The lowest BCUT2D eigenvalue weighted by molar-refractivity contribution is 0.0217. The van der Waals surface area contributed by atoms with E-state index in [1.807, 2.05) is 53.7 Å². The summed E-state index contributed by atoms with van der Waals surface area (Å²) in [5.74, 6) is 0. The number of carbonyl (C=O) groups is 1. The summed E-state index contributed by atoms with van der Waals surface area (Å²) in [5.41, 5.74) is 5.15. The van der Waals surface area contributed by atoms with Gasteiger partial charge in [0.05, 0.1) is 0 Å². The smallest absolute Gasteiger partial charge is 0.410 e. The minimum Gasteiger partial charge on any atom is -0.444 e. The Morgan fingerprint density at radius 1 is 1.35 bits per heavy atom. The van der Waals surface area contributed by atoms with Gasteiger partial charge in [0.25, 0.3) is 0 Å². The van der Waals surface area contributed by atoms with Gasteiger partial charge in [0.1, 0.15) is 5.60 Å². The first-order valence-corrected chi connectivity index (χ1v) is 6.05. The van der Waals surface area contributed by atoms with Gasteiger partial charge < -0.3 is 15.4 Å². The topological polar surface area (TPSA) is 55.6 Å². The maximum Gasteiger partial charge on any atom is 0.410 e. The zero-order valence-electron chi connectivity index (χ0n) is 11.9. The summed E-state index contributed by atoms with van der Waals surface area (Å²) >= 11 is 0. The largest absolute Gasteiger partial charge is 0.444 e. The quantitative estimate of drug-likeness (QED) is 0.771. The highest BCUT2D eigenvalue weighted by molar-refractivity contribution is 5.68. The van der Waals surface area contributed by atoms with Crippen LogP contribution in [0.15, 0.2) is 12.2 Å². The summed E-state index contributed by atoms with van der Waals surface area (Å²) < 4.78 is 5.34. The van der Waals surface area contributed by atoms with Crippen molar-refractivity contribution in [3.63, 3.8) is 0 Å². The predicted octanol–water partition coefficient (Wildman–Crippen LogP) is 2.54. The van der Waals surface area contributed by atoms with E-state index >= 15 is 0 Å². The normalized spacial score (nSPS) is 14.1. The summed E-state index contributed by atoms with van der Waals surface area (Å²) in [6, 6.07) is 0.102. The second-order valence-electron chi connectivity index (χ2n) is 5.51. The molecular weight excluding hydrogens is 216 g/mol. The standard InChI is InChI=1S/C13H26N2O2/c1-10(2)15(9-7-8-11(3)14)12(16)17-13(4,5)6/h7-8,10-11H,9,14H2,1-6H3/b8-7+. The van der Waals surface area contributed by atoms with Crippen molar-refractivity contribution in [2.45, 2.75) is 59.2 Å². The van der Waals surface area contributed by atoms with E-state index < -0.39 is 5.60 Å². The highest BCUT2D eigenvalue weighted by Gasteiger charge is 2.22. The first-order chi connectivity index (χ1) is 7.63. The third kappa shape index (κ3) is 7.80. The summed E-state index contributed by atoms with van der Waals surface area (Å²) in [7, 11) is 0. The zero-order valence-corrected chi connectivity index (χ0v) is 11.9. The van der Waals surface area contributed by atoms with E-state index in [1.54, 1.807) is 4.90 Å². The first-order valence-electron chi connectivity index (χ1n) is 6.05. The zero-order chi connectivity index (χ0) is 13.6. The van der Waals surface area contributed by atoms with Gasteiger partial charge in [0.15, 0.2) is 0 Å². The van der Waals surface area contributed by atoms with Crippen molar-refractivity contribution in [2.24, 2.45) is 5.73 Å². The number of nitrogens with zero attached hydrogens (tertiary/aromatic N) is 1. The van der Waals surface area contributed by atoms with E-state index in [-0.39, 0.29) is 18.2 Å². The number of ether oxygens (including phenoxy) is 1. The second kappa shape index (κ2) is 6.64. The number of hydrogen-bond acceptors (Lipinski definition) is 3. The first kappa shape index (κ1) is 16.0. The molecule has 1 unspecified atom stereocenters. The van der Waals surface area contributed by atoms with E-state index in [0.717, 1.165) is 0 Å². The molecule has 100 valence electrons. The molecule has 0 saturated heterocycles. The van der Waals surface area contributed by atoms with Gasteiger partial charge >= 0.3 is 6.09 Å². The lowest BCUT2D eigenvalue weighted by atomic mass is 10.2. The van der Waals surface area contributed by atoms with Crippen molar-refractivity contribution in [1.82, 2.24) is 4.90 Å². The van der Waals surface area contributed by atoms with E-state index in [0.29, 0.717) is 6.54 Å². The van der Waals surface area contributed by atoms with Gasteiger partial charge in [-0.05, 0) is 41.5 Å². The Labute approximate surface area is 105 Å². The van der Waals surface area contributed by atoms with Crippen molar-refractivity contribution in [2.75, 3.05) is 6.54 Å². The molecule has 1 amide bonds. The summed E-state index contributed by atoms with van der Waals surface area (Å²) in [6.45, 7) is 11.9. The molecule has 0 aliphatic rings. The van der Waals surface area contributed by atoms with Crippen molar-refractivity contribution >= 4 is 6.09 Å². The molecule has 0 heterocycles. The molecular formula is C13H26N2O2. The van der Waals surface area contributed by atoms with Crippen molar-refractivity contribution in [3.05, 3.63) is 12.2 Å². The fourth-order valence-corrected chi connectivity index (χ4v) is 1.21. The van der Waals surface area contributed by atoms with Crippen LogP contribution in [0.4, 0.5) is 4.79 Å². The number of rotatable bonds is 4. The van der Waals surface area contributed by atoms with Crippen LogP contribution in [0.2, 0.25) is 0 Å². The summed E-state index contributed by atoms with van der Waals surface area (Å²) in [6.07, 6.45) is 3.48. The lowest BCUT2D eigenvalue weighted by Gasteiger charge is -2.29. The highest BCUT2D eigenvalue weighted by Crippen LogP contribution is 2.11. The minimum absolute atomic E-state index is 0.00245. The van der Waals surface area contributed by atoms with E-state index in [2.05, 4.69) is 0 Å². The van der Waals surface area contributed by atoms with Crippen molar-refractivity contribution in [3.8, 4) is 0 Å². The summed E-state index contributed by atoms with van der Waals surface area (Å²) in [4.78, 5) is 13.6. The Morgan fingerprint density at radius 3 is 2.24 bits per heavy atom. The molecule has 1 atom stereocenters. The molecule has 0 rings (SSSR count). The third-order valence-electron chi connectivity index (χ3n) is 1.99. The van der Waals surface area contributed by atoms with Gasteiger partial charge in [-0.1, -0.05) is 12.2 Å². The Balaban J connectivity index is 4.48. The minimum atomic E-state index is -0.463. The number of amides is 1. The molecule has 4 heteroatoms. The molecule has 4 nitrogen and oxygen atoms in total. The van der Waals surface area contributed by atoms with Gasteiger partial charge in [0.2, 0.25) is 0 Å². The van der Waals surface area contributed by atoms with E-state index in [9.17, 15) is 4.79 Å². The van der Waals surface area contributed by atoms with Crippen LogP contribution in [0.25, 0.3) is 0 Å². The van der Waals surface area contributed by atoms with Crippen LogP contribution < -0.4 is 5.73 Å². The molecule has 0 aliphatic carbocycles. The molecule has 0 radical (unpaired) electrons. The van der Waals surface area contributed by atoms with E-state index in [4.69, 9.17) is 10.5 Å². The Bertz CT molecular complexity index is 265. The molecule has 0 bridgehead atoms. The second-order valence-corrected chi connectivity index (χ2v) is 5.51. The van der Waals surface area contributed by atoms with Crippen LogP contribution in [-0.2, 0) is 4.74 Å². The van der Waals surface area contributed by atoms with Crippen LogP contribution in [0.1, 0.15) is 41.5 Å². The number of hydrogen-bond donors (Lipinski definition) is 1. The van der Waals surface area contributed by atoms with Gasteiger partial charge in [-0.3, -0.25) is 0 Å².